The van der Waals surface area contributed by atoms with Gasteiger partial charge in [-0.3, -0.25) is 0 Å². The molecule has 1 atom stereocenters. The zero-order chi connectivity index (χ0) is 6.41. The smallest absolute Gasteiger partial charge is 0.146 e. The molecule has 0 N–H and O–H groups in total. The van der Waals surface area contributed by atoms with Crippen LogP contribution in [0.2, 0.25) is 0 Å². The average Bonchev–Trinajstić information content (AvgIpc) is 1.83. The van der Waals surface area contributed by atoms with Gasteiger partial charge >= 0.3 is 0 Å². The summed E-state index contributed by atoms with van der Waals surface area (Å²) >= 11 is 0. The summed E-state index contributed by atoms with van der Waals surface area (Å²) in [6, 6.07) is 0. The summed E-state index contributed by atoms with van der Waals surface area (Å²) in [5, 5.41) is 0. The highest BCUT2D eigenvalue weighted by Crippen LogP contribution is 2.00. The van der Waals surface area contributed by atoms with Crippen molar-refractivity contribution in [2.24, 2.45) is 0 Å². The largest absolute Gasteiger partial charge is 0.425 e. The van der Waals surface area contributed by atoms with Crippen molar-refractivity contribution in [3.63, 3.8) is 0 Å². The number of rotatable bonds is 4. The van der Waals surface area contributed by atoms with Crippen LogP contribution in [0.3, 0.4) is 0 Å². The van der Waals surface area contributed by atoms with E-state index in [9.17, 15) is 0 Å². The first-order valence-corrected chi connectivity index (χ1v) is 4.15. The molecule has 2 heteroatoms. The van der Waals surface area contributed by atoms with E-state index in [1.165, 1.54) is 19.3 Å². The molecule has 0 amide bonds. The Hall–Kier alpha value is 0.177. The highest BCUT2D eigenvalue weighted by molar-refractivity contribution is 5.98. The lowest BCUT2D eigenvalue weighted by Gasteiger charge is -2.06. The molecule has 1 nitrogen and oxygen atoms in total. The molecule has 8 heavy (non-hydrogen) atoms. The van der Waals surface area contributed by atoms with Gasteiger partial charge in [-0.05, 0) is 13.3 Å². The fraction of sp³-hybridized carbons (Fsp3) is 1.00. The zero-order valence-corrected chi connectivity index (χ0v) is 8.11. The first-order chi connectivity index (χ1) is 3.81. The maximum atomic E-state index is 5.19. The lowest BCUT2D eigenvalue weighted by Crippen LogP contribution is -2.04. The molecule has 0 aliphatic rings. The SMILES string of the molecule is CCCC[C@@H](C)O[SiH3]. The minimum atomic E-state index is 0.515. The summed E-state index contributed by atoms with van der Waals surface area (Å²) in [6.07, 6.45) is 4.35. The van der Waals surface area contributed by atoms with E-state index in [0.717, 1.165) is 10.5 Å². The van der Waals surface area contributed by atoms with Crippen LogP contribution in [-0.2, 0) is 4.43 Å². The van der Waals surface area contributed by atoms with Gasteiger partial charge in [-0.25, -0.2) is 0 Å². The Balaban J connectivity index is 2.86. The molecule has 0 bridgehead atoms. The molecule has 0 spiro atoms. The highest BCUT2D eigenvalue weighted by atomic mass is 28.2. The predicted octanol–water partition coefficient (Wildman–Crippen LogP) is 0.862. The van der Waals surface area contributed by atoms with E-state index in [0.29, 0.717) is 6.10 Å². The van der Waals surface area contributed by atoms with E-state index in [2.05, 4.69) is 13.8 Å². The van der Waals surface area contributed by atoms with Crippen LogP contribution in [0.4, 0.5) is 0 Å². The van der Waals surface area contributed by atoms with Crippen LogP contribution in [0.25, 0.3) is 0 Å². The molecule has 0 fully saturated rings. The molecular formula is C6H16OSi. The van der Waals surface area contributed by atoms with Gasteiger partial charge in [0.2, 0.25) is 0 Å². The minimum absolute atomic E-state index is 0.515. The Morgan fingerprint density at radius 3 is 2.62 bits per heavy atom. The van der Waals surface area contributed by atoms with Crippen molar-refractivity contribution in [1.29, 1.82) is 0 Å². The van der Waals surface area contributed by atoms with Gasteiger partial charge in [0, 0.05) is 6.10 Å². The van der Waals surface area contributed by atoms with Crippen molar-refractivity contribution in [2.75, 3.05) is 0 Å². The monoisotopic (exact) mass is 132 g/mol. The molecule has 0 radical (unpaired) electrons. The van der Waals surface area contributed by atoms with Gasteiger partial charge in [0.1, 0.15) is 10.5 Å². The van der Waals surface area contributed by atoms with Crippen molar-refractivity contribution in [3.8, 4) is 0 Å². The summed E-state index contributed by atoms with van der Waals surface area (Å²) in [6.45, 7) is 4.35. The molecule has 0 aromatic heterocycles. The second-order valence-corrected chi connectivity index (χ2v) is 2.66. The topological polar surface area (TPSA) is 9.23 Å². The van der Waals surface area contributed by atoms with Gasteiger partial charge in [-0.2, -0.15) is 0 Å². The van der Waals surface area contributed by atoms with Gasteiger partial charge in [-0.15, -0.1) is 0 Å². The molecular weight excluding hydrogens is 116 g/mol. The normalized spacial score (nSPS) is 14.2. The third-order valence-corrected chi connectivity index (χ3v) is 2.17. The third-order valence-electron chi connectivity index (χ3n) is 1.37. The molecule has 0 aliphatic heterocycles. The molecule has 0 aromatic carbocycles. The van der Waals surface area contributed by atoms with Crippen molar-refractivity contribution in [1.82, 2.24) is 0 Å². The molecule has 0 aromatic rings. The number of hydrogen-bond donors (Lipinski definition) is 0. The number of unbranched alkanes of at least 4 members (excludes halogenated alkanes) is 1. The summed E-state index contributed by atoms with van der Waals surface area (Å²) in [4.78, 5) is 0. The standard InChI is InChI=1S/C6H16OSi/c1-3-4-5-6(2)7-8/h6H,3-5H2,1-2,8H3/t6-/m1/s1. The second-order valence-electron chi connectivity index (χ2n) is 2.19. The first kappa shape index (κ1) is 8.18. The molecule has 0 saturated carbocycles. The van der Waals surface area contributed by atoms with Crippen LogP contribution < -0.4 is 0 Å². The maximum absolute atomic E-state index is 5.19. The van der Waals surface area contributed by atoms with Crippen LogP contribution in [0.1, 0.15) is 33.1 Å². The van der Waals surface area contributed by atoms with Crippen LogP contribution in [-0.4, -0.2) is 16.6 Å². The summed E-state index contributed by atoms with van der Waals surface area (Å²) in [7, 11) is 0.890. The van der Waals surface area contributed by atoms with Crippen molar-refractivity contribution >= 4 is 10.5 Å². The number of hydrogen-bond acceptors (Lipinski definition) is 1. The fourth-order valence-electron chi connectivity index (χ4n) is 0.609. The van der Waals surface area contributed by atoms with E-state index >= 15 is 0 Å². The summed E-state index contributed by atoms with van der Waals surface area (Å²) in [5.74, 6) is 0. The quantitative estimate of drug-likeness (QED) is 0.516. The van der Waals surface area contributed by atoms with Crippen LogP contribution >= 0.6 is 0 Å². The van der Waals surface area contributed by atoms with E-state index in [4.69, 9.17) is 4.43 Å². The zero-order valence-electron chi connectivity index (χ0n) is 6.11. The van der Waals surface area contributed by atoms with Crippen LogP contribution in [0, 0.1) is 0 Å². The first-order valence-electron chi connectivity index (χ1n) is 3.34. The molecule has 50 valence electrons. The second kappa shape index (κ2) is 5.32. The molecule has 0 rings (SSSR count). The van der Waals surface area contributed by atoms with Crippen LogP contribution in [0.15, 0.2) is 0 Å². The summed E-state index contributed by atoms with van der Waals surface area (Å²) < 4.78 is 5.19. The Kier molecular flexibility index (Phi) is 5.43. The van der Waals surface area contributed by atoms with Crippen LogP contribution in [0.5, 0.6) is 0 Å². The van der Waals surface area contributed by atoms with Gasteiger partial charge < -0.3 is 4.43 Å². The van der Waals surface area contributed by atoms with Crippen molar-refractivity contribution in [3.05, 3.63) is 0 Å². The molecule has 0 heterocycles. The highest BCUT2D eigenvalue weighted by Gasteiger charge is 1.94. The molecule has 0 aliphatic carbocycles. The van der Waals surface area contributed by atoms with Gasteiger partial charge in [0.25, 0.3) is 0 Å². The Labute approximate surface area is 55.0 Å². The van der Waals surface area contributed by atoms with E-state index < -0.39 is 0 Å². The van der Waals surface area contributed by atoms with E-state index in [-0.39, 0.29) is 0 Å². The Morgan fingerprint density at radius 1 is 1.62 bits per heavy atom. The molecule has 0 saturated heterocycles. The summed E-state index contributed by atoms with van der Waals surface area (Å²) in [5.41, 5.74) is 0. The average molecular weight is 132 g/mol. The minimum Gasteiger partial charge on any atom is -0.425 e. The van der Waals surface area contributed by atoms with E-state index in [1.54, 1.807) is 0 Å². The van der Waals surface area contributed by atoms with Gasteiger partial charge in [0.15, 0.2) is 0 Å². The predicted molar refractivity (Wildman–Crippen MR) is 40.0 cm³/mol. The van der Waals surface area contributed by atoms with Gasteiger partial charge in [-0.1, -0.05) is 19.8 Å². The Bertz CT molecular complexity index is 47.8. The maximum Gasteiger partial charge on any atom is 0.146 e. The lowest BCUT2D eigenvalue weighted by molar-refractivity contribution is 0.228. The Morgan fingerprint density at radius 2 is 2.25 bits per heavy atom. The molecule has 0 unspecified atom stereocenters. The van der Waals surface area contributed by atoms with Crippen molar-refractivity contribution < 1.29 is 4.43 Å². The lowest BCUT2D eigenvalue weighted by atomic mass is 10.2. The van der Waals surface area contributed by atoms with E-state index in [1.807, 2.05) is 0 Å². The third kappa shape index (κ3) is 4.34. The fourth-order valence-corrected chi connectivity index (χ4v) is 0.845. The van der Waals surface area contributed by atoms with Gasteiger partial charge in [0.05, 0.1) is 0 Å². The van der Waals surface area contributed by atoms with Crippen molar-refractivity contribution in [2.45, 2.75) is 39.2 Å².